The Hall–Kier alpha value is -1.52. The third-order valence-corrected chi connectivity index (χ3v) is 4.50. The van der Waals surface area contributed by atoms with Gasteiger partial charge in [0, 0.05) is 47.8 Å². The fourth-order valence-corrected chi connectivity index (χ4v) is 3.18. The quantitative estimate of drug-likeness (QED) is 0.926. The van der Waals surface area contributed by atoms with E-state index >= 15 is 0 Å². The smallest absolute Gasteiger partial charge is 0.256 e. The number of fused-ring (bicyclic) bond motifs is 1. The molecule has 2 heterocycles. The molecule has 21 heavy (non-hydrogen) atoms. The van der Waals surface area contributed by atoms with Crippen LogP contribution in [0.4, 0.5) is 0 Å². The molecule has 0 spiro atoms. The van der Waals surface area contributed by atoms with Gasteiger partial charge in [-0.2, -0.15) is 0 Å². The first kappa shape index (κ1) is 14.4. The number of aromatic amines is 1. The van der Waals surface area contributed by atoms with Crippen LogP contribution >= 0.6 is 11.6 Å². The zero-order valence-electron chi connectivity index (χ0n) is 12.4. The molecule has 0 unspecified atom stereocenters. The maximum absolute atomic E-state index is 12.8. The number of hydrogen-bond acceptors (Lipinski definition) is 2. The topological polar surface area (TPSA) is 39.3 Å². The highest BCUT2D eigenvalue weighted by Crippen LogP contribution is 2.26. The summed E-state index contributed by atoms with van der Waals surface area (Å²) in [5, 5.41) is 1.64. The summed E-state index contributed by atoms with van der Waals surface area (Å²) in [6.07, 6.45) is 0. The molecule has 2 aromatic rings. The first-order valence-electron chi connectivity index (χ1n) is 7.39. The molecule has 1 aliphatic rings. The molecule has 0 aliphatic carbocycles. The SMILES string of the molecule is CCN1CCN(C(=O)c2c(C)[nH]c3cc(Cl)ccc23)CC1. The van der Waals surface area contributed by atoms with Crippen LogP contribution in [0.15, 0.2) is 18.2 Å². The van der Waals surface area contributed by atoms with Crippen LogP contribution in [-0.4, -0.2) is 53.4 Å². The first-order valence-corrected chi connectivity index (χ1v) is 7.77. The van der Waals surface area contributed by atoms with Crippen LogP contribution in [0.3, 0.4) is 0 Å². The molecule has 1 fully saturated rings. The van der Waals surface area contributed by atoms with E-state index in [0.717, 1.165) is 54.9 Å². The minimum Gasteiger partial charge on any atom is -0.358 e. The van der Waals surface area contributed by atoms with Gasteiger partial charge < -0.3 is 14.8 Å². The summed E-state index contributed by atoms with van der Waals surface area (Å²) < 4.78 is 0. The number of carbonyl (C=O) groups is 1. The van der Waals surface area contributed by atoms with Crippen molar-refractivity contribution in [1.82, 2.24) is 14.8 Å². The number of nitrogens with one attached hydrogen (secondary N) is 1. The van der Waals surface area contributed by atoms with Crippen molar-refractivity contribution in [1.29, 1.82) is 0 Å². The Kier molecular flexibility index (Phi) is 3.91. The Balaban J connectivity index is 1.90. The predicted octanol–water partition coefficient (Wildman–Crippen LogP) is 2.91. The summed E-state index contributed by atoms with van der Waals surface area (Å²) in [4.78, 5) is 20.4. The van der Waals surface area contributed by atoms with Crippen molar-refractivity contribution in [3.05, 3.63) is 34.5 Å². The number of halogens is 1. The van der Waals surface area contributed by atoms with Crippen molar-refractivity contribution in [2.75, 3.05) is 32.7 Å². The number of carbonyl (C=O) groups excluding carboxylic acids is 1. The summed E-state index contributed by atoms with van der Waals surface area (Å²) in [5.74, 6) is 0.122. The van der Waals surface area contributed by atoms with Gasteiger partial charge in [0.15, 0.2) is 0 Å². The molecule has 1 N–H and O–H groups in total. The number of aryl methyl sites for hydroxylation is 1. The van der Waals surface area contributed by atoms with E-state index in [2.05, 4.69) is 16.8 Å². The van der Waals surface area contributed by atoms with Crippen molar-refractivity contribution >= 4 is 28.4 Å². The van der Waals surface area contributed by atoms with Gasteiger partial charge in [0.25, 0.3) is 5.91 Å². The molecule has 1 saturated heterocycles. The Morgan fingerprint density at radius 1 is 1.29 bits per heavy atom. The molecule has 3 rings (SSSR count). The van der Waals surface area contributed by atoms with E-state index in [1.807, 2.05) is 30.0 Å². The average molecular weight is 306 g/mol. The van der Waals surface area contributed by atoms with E-state index in [0.29, 0.717) is 5.02 Å². The number of aromatic nitrogens is 1. The fraction of sp³-hybridized carbons (Fsp3) is 0.438. The van der Waals surface area contributed by atoms with Crippen molar-refractivity contribution < 1.29 is 4.79 Å². The Morgan fingerprint density at radius 3 is 2.67 bits per heavy atom. The second kappa shape index (κ2) is 5.70. The number of benzene rings is 1. The lowest BCUT2D eigenvalue weighted by molar-refractivity contribution is 0.0644. The van der Waals surface area contributed by atoms with Crippen LogP contribution < -0.4 is 0 Å². The largest absolute Gasteiger partial charge is 0.358 e. The number of hydrogen-bond donors (Lipinski definition) is 1. The number of amides is 1. The van der Waals surface area contributed by atoms with Gasteiger partial charge in [0.05, 0.1) is 5.56 Å². The van der Waals surface area contributed by atoms with Gasteiger partial charge in [-0.3, -0.25) is 4.79 Å². The molecule has 0 bridgehead atoms. The minimum absolute atomic E-state index is 0.122. The molecule has 1 aliphatic heterocycles. The zero-order valence-corrected chi connectivity index (χ0v) is 13.2. The molecule has 4 nitrogen and oxygen atoms in total. The molecule has 5 heteroatoms. The van der Waals surface area contributed by atoms with Gasteiger partial charge in [-0.15, -0.1) is 0 Å². The van der Waals surface area contributed by atoms with Crippen LogP contribution in [-0.2, 0) is 0 Å². The van der Waals surface area contributed by atoms with E-state index in [1.54, 1.807) is 0 Å². The highest BCUT2D eigenvalue weighted by molar-refractivity contribution is 6.31. The van der Waals surface area contributed by atoms with Crippen molar-refractivity contribution in [2.45, 2.75) is 13.8 Å². The van der Waals surface area contributed by atoms with Gasteiger partial charge >= 0.3 is 0 Å². The van der Waals surface area contributed by atoms with Crippen molar-refractivity contribution in [3.63, 3.8) is 0 Å². The Morgan fingerprint density at radius 2 is 2.00 bits per heavy atom. The first-order chi connectivity index (χ1) is 10.1. The molecular formula is C16H20ClN3O. The van der Waals surface area contributed by atoms with Gasteiger partial charge in [0.2, 0.25) is 0 Å². The zero-order chi connectivity index (χ0) is 15.0. The van der Waals surface area contributed by atoms with Gasteiger partial charge in [-0.05, 0) is 25.6 Å². The second-order valence-electron chi connectivity index (χ2n) is 5.54. The van der Waals surface area contributed by atoms with Gasteiger partial charge in [-0.1, -0.05) is 24.6 Å². The molecular weight excluding hydrogens is 286 g/mol. The lowest BCUT2D eigenvalue weighted by atomic mass is 10.1. The van der Waals surface area contributed by atoms with E-state index < -0.39 is 0 Å². The Labute approximate surface area is 129 Å². The molecule has 1 amide bonds. The van der Waals surface area contributed by atoms with E-state index in [-0.39, 0.29) is 5.91 Å². The highest BCUT2D eigenvalue weighted by Gasteiger charge is 2.25. The van der Waals surface area contributed by atoms with E-state index in [9.17, 15) is 4.79 Å². The minimum atomic E-state index is 0.122. The second-order valence-corrected chi connectivity index (χ2v) is 5.98. The Bertz CT molecular complexity index is 671. The molecule has 1 aromatic carbocycles. The standard InChI is InChI=1S/C16H20ClN3O/c1-3-19-6-8-20(9-7-19)16(21)15-11(2)18-14-10-12(17)4-5-13(14)15/h4-5,10,18H,3,6-9H2,1-2H3. The summed E-state index contributed by atoms with van der Waals surface area (Å²) in [7, 11) is 0. The maximum Gasteiger partial charge on any atom is 0.256 e. The molecule has 0 saturated carbocycles. The van der Waals surface area contributed by atoms with Gasteiger partial charge in [-0.25, -0.2) is 0 Å². The number of rotatable bonds is 2. The lowest BCUT2D eigenvalue weighted by Gasteiger charge is -2.34. The van der Waals surface area contributed by atoms with Gasteiger partial charge in [0.1, 0.15) is 0 Å². The highest BCUT2D eigenvalue weighted by atomic mass is 35.5. The maximum atomic E-state index is 12.8. The molecule has 112 valence electrons. The molecule has 1 aromatic heterocycles. The number of H-pyrrole nitrogens is 1. The average Bonchev–Trinajstić information content (AvgIpc) is 2.81. The van der Waals surface area contributed by atoms with Crippen LogP contribution in [0.2, 0.25) is 5.02 Å². The normalized spacial score (nSPS) is 16.6. The van der Waals surface area contributed by atoms with E-state index in [4.69, 9.17) is 11.6 Å². The molecule has 0 radical (unpaired) electrons. The number of nitrogens with zero attached hydrogens (tertiary/aromatic N) is 2. The third-order valence-electron chi connectivity index (χ3n) is 4.27. The van der Waals surface area contributed by atoms with Crippen molar-refractivity contribution in [2.24, 2.45) is 0 Å². The summed E-state index contributed by atoms with van der Waals surface area (Å²) in [5.41, 5.74) is 2.62. The summed E-state index contributed by atoms with van der Waals surface area (Å²) in [6.45, 7) is 8.66. The van der Waals surface area contributed by atoms with E-state index in [1.165, 1.54) is 0 Å². The molecule has 0 atom stereocenters. The van der Waals surface area contributed by atoms with Crippen molar-refractivity contribution in [3.8, 4) is 0 Å². The van der Waals surface area contributed by atoms with Crippen LogP contribution in [0, 0.1) is 6.92 Å². The summed E-state index contributed by atoms with van der Waals surface area (Å²) in [6, 6.07) is 5.63. The number of likely N-dealkylation sites (N-methyl/N-ethyl adjacent to an activating group) is 1. The monoisotopic (exact) mass is 305 g/mol. The number of piperazine rings is 1. The van der Waals surface area contributed by atoms with Crippen LogP contribution in [0.1, 0.15) is 23.0 Å². The van der Waals surface area contributed by atoms with Crippen LogP contribution in [0.5, 0.6) is 0 Å². The summed E-state index contributed by atoms with van der Waals surface area (Å²) >= 11 is 6.02. The fourth-order valence-electron chi connectivity index (χ4n) is 3.01. The van der Waals surface area contributed by atoms with Crippen LogP contribution in [0.25, 0.3) is 10.9 Å². The third kappa shape index (κ3) is 2.65. The lowest BCUT2D eigenvalue weighted by Crippen LogP contribution is -2.48. The predicted molar refractivity (Wildman–Crippen MR) is 86.1 cm³/mol.